The highest BCUT2D eigenvalue weighted by molar-refractivity contribution is 5.94. The highest BCUT2D eigenvalue weighted by Crippen LogP contribution is 2.27. The Morgan fingerprint density at radius 3 is 2.25 bits per heavy atom. The van der Waals surface area contributed by atoms with Gasteiger partial charge in [-0.25, -0.2) is 9.97 Å². The number of benzene rings is 2. The highest BCUT2D eigenvalue weighted by atomic mass is 16.2. The largest absolute Gasteiger partial charge is 0.337 e. The van der Waals surface area contributed by atoms with E-state index in [4.69, 9.17) is 4.98 Å². The quantitative estimate of drug-likeness (QED) is 0.660. The average Bonchev–Trinajstić information content (AvgIpc) is 3.30. The van der Waals surface area contributed by atoms with Crippen LogP contribution in [0.2, 0.25) is 0 Å². The number of para-hydroxylation sites is 1. The molecule has 28 heavy (non-hydrogen) atoms. The molecule has 142 valence electrons. The van der Waals surface area contributed by atoms with Crippen LogP contribution in [0.25, 0.3) is 11.4 Å². The van der Waals surface area contributed by atoms with E-state index in [1.54, 1.807) is 0 Å². The van der Waals surface area contributed by atoms with Crippen molar-refractivity contribution < 1.29 is 4.79 Å². The Morgan fingerprint density at radius 1 is 0.964 bits per heavy atom. The van der Waals surface area contributed by atoms with E-state index in [0.29, 0.717) is 11.5 Å². The molecule has 3 aromatic rings. The van der Waals surface area contributed by atoms with Crippen molar-refractivity contribution >= 4 is 17.4 Å². The third-order valence-corrected chi connectivity index (χ3v) is 5.02. The van der Waals surface area contributed by atoms with Gasteiger partial charge >= 0.3 is 0 Å². The Hall–Kier alpha value is -3.21. The summed E-state index contributed by atoms with van der Waals surface area (Å²) in [4.78, 5) is 26.5. The maximum atomic E-state index is 13.0. The Balaban J connectivity index is 1.80. The van der Waals surface area contributed by atoms with E-state index < -0.39 is 0 Å². The lowest BCUT2D eigenvalue weighted by atomic mass is 10.2. The zero-order valence-corrected chi connectivity index (χ0v) is 16.1. The fourth-order valence-electron chi connectivity index (χ4n) is 3.57. The molecule has 1 aliphatic rings. The van der Waals surface area contributed by atoms with Crippen LogP contribution in [0.1, 0.15) is 30.3 Å². The molecule has 0 radical (unpaired) electrons. The molecule has 0 spiro atoms. The number of likely N-dealkylation sites (tertiary alicyclic amines) is 1. The fourth-order valence-corrected chi connectivity index (χ4v) is 3.57. The number of hydrogen-bond donors (Lipinski definition) is 0. The van der Waals surface area contributed by atoms with Crippen molar-refractivity contribution in [1.29, 1.82) is 0 Å². The number of aromatic nitrogens is 2. The van der Waals surface area contributed by atoms with Crippen LogP contribution in [0.3, 0.4) is 0 Å². The van der Waals surface area contributed by atoms with Gasteiger partial charge in [-0.3, -0.25) is 4.79 Å². The number of amides is 1. The van der Waals surface area contributed by atoms with Gasteiger partial charge in [0, 0.05) is 37.0 Å². The third kappa shape index (κ3) is 3.74. The molecule has 2 heterocycles. The van der Waals surface area contributed by atoms with E-state index in [1.807, 2.05) is 59.5 Å². The standard InChI is InChI=1S/C23H24N4O/c1-2-27(19-13-7-4-8-14-19)21-17-20(23(28)26-15-9-10-16-26)24-22(25-21)18-11-5-3-6-12-18/h3-8,11-14,17H,2,9-10,15-16H2,1H3. The predicted molar refractivity (Wildman–Crippen MR) is 112 cm³/mol. The second-order valence-corrected chi connectivity index (χ2v) is 6.88. The topological polar surface area (TPSA) is 49.3 Å². The van der Waals surface area contributed by atoms with Gasteiger partial charge in [0.15, 0.2) is 5.82 Å². The van der Waals surface area contributed by atoms with Crippen molar-refractivity contribution in [3.05, 3.63) is 72.4 Å². The second-order valence-electron chi connectivity index (χ2n) is 6.88. The number of carbonyl (C=O) groups is 1. The lowest BCUT2D eigenvalue weighted by Gasteiger charge is -2.23. The summed E-state index contributed by atoms with van der Waals surface area (Å²) in [5.74, 6) is 1.31. The summed E-state index contributed by atoms with van der Waals surface area (Å²) < 4.78 is 0. The van der Waals surface area contributed by atoms with Gasteiger partial charge in [-0.15, -0.1) is 0 Å². The van der Waals surface area contributed by atoms with Gasteiger partial charge in [-0.05, 0) is 31.9 Å². The number of nitrogens with zero attached hydrogens (tertiary/aromatic N) is 4. The van der Waals surface area contributed by atoms with Gasteiger partial charge in [-0.1, -0.05) is 48.5 Å². The maximum absolute atomic E-state index is 13.0. The van der Waals surface area contributed by atoms with E-state index in [1.165, 1.54) is 0 Å². The molecule has 1 aliphatic heterocycles. The Labute approximate surface area is 165 Å². The van der Waals surface area contributed by atoms with Gasteiger partial charge in [0.25, 0.3) is 5.91 Å². The molecule has 4 rings (SSSR count). The molecule has 0 bridgehead atoms. The number of hydrogen-bond acceptors (Lipinski definition) is 4. The van der Waals surface area contributed by atoms with Gasteiger partial charge < -0.3 is 9.80 Å². The minimum atomic E-state index is -0.0116. The summed E-state index contributed by atoms with van der Waals surface area (Å²) >= 11 is 0. The monoisotopic (exact) mass is 372 g/mol. The van der Waals surface area contributed by atoms with Crippen LogP contribution in [0.15, 0.2) is 66.7 Å². The Bertz CT molecular complexity index is 937. The smallest absolute Gasteiger partial charge is 0.272 e. The molecule has 1 amide bonds. The first kappa shape index (κ1) is 18.2. The molecule has 0 N–H and O–H groups in total. The van der Waals surface area contributed by atoms with Gasteiger partial charge in [0.2, 0.25) is 0 Å². The van der Waals surface area contributed by atoms with Crippen molar-refractivity contribution in [2.75, 3.05) is 24.5 Å². The van der Waals surface area contributed by atoms with E-state index in [9.17, 15) is 4.79 Å². The molecule has 5 heteroatoms. The van der Waals surface area contributed by atoms with E-state index in [0.717, 1.165) is 49.5 Å². The molecule has 0 unspecified atom stereocenters. The lowest BCUT2D eigenvalue weighted by Crippen LogP contribution is -2.29. The van der Waals surface area contributed by atoms with Gasteiger partial charge in [0.1, 0.15) is 11.5 Å². The second kappa shape index (κ2) is 8.21. The summed E-state index contributed by atoms with van der Waals surface area (Å²) in [6.07, 6.45) is 2.11. The molecular formula is C23H24N4O. The first-order chi connectivity index (χ1) is 13.8. The summed E-state index contributed by atoms with van der Waals surface area (Å²) in [6, 6.07) is 21.8. The zero-order valence-electron chi connectivity index (χ0n) is 16.1. The van der Waals surface area contributed by atoms with Crippen LogP contribution in [0.4, 0.5) is 11.5 Å². The van der Waals surface area contributed by atoms with Crippen LogP contribution in [0.5, 0.6) is 0 Å². The van der Waals surface area contributed by atoms with Crippen molar-refractivity contribution in [1.82, 2.24) is 14.9 Å². The van der Waals surface area contributed by atoms with Crippen molar-refractivity contribution in [3.8, 4) is 11.4 Å². The molecule has 1 saturated heterocycles. The molecule has 5 nitrogen and oxygen atoms in total. The van der Waals surface area contributed by atoms with Gasteiger partial charge in [-0.2, -0.15) is 0 Å². The number of anilines is 2. The fraction of sp³-hybridized carbons (Fsp3) is 0.261. The van der Waals surface area contributed by atoms with Crippen LogP contribution in [0, 0.1) is 0 Å². The molecule has 2 aromatic carbocycles. The van der Waals surface area contributed by atoms with Gasteiger partial charge in [0.05, 0.1) is 0 Å². The first-order valence-electron chi connectivity index (χ1n) is 9.82. The zero-order chi connectivity index (χ0) is 19.3. The van der Waals surface area contributed by atoms with E-state index in [2.05, 4.69) is 28.9 Å². The Kier molecular flexibility index (Phi) is 5.33. The first-order valence-corrected chi connectivity index (χ1v) is 9.82. The van der Waals surface area contributed by atoms with Crippen molar-refractivity contribution in [2.45, 2.75) is 19.8 Å². The lowest BCUT2D eigenvalue weighted by molar-refractivity contribution is 0.0787. The maximum Gasteiger partial charge on any atom is 0.272 e. The van der Waals surface area contributed by atoms with Crippen molar-refractivity contribution in [2.24, 2.45) is 0 Å². The van der Waals surface area contributed by atoms with Crippen LogP contribution >= 0.6 is 0 Å². The van der Waals surface area contributed by atoms with E-state index in [-0.39, 0.29) is 5.91 Å². The summed E-state index contributed by atoms with van der Waals surface area (Å²) in [7, 11) is 0. The number of rotatable bonds is 5. The van der Waals surface area contributed by atoms with E-state index >= 15 is 0 Å². The number of carbonyl (C=O) groups excluding carboxylic acids is 1. The summed E-state index contributed by atoms with van der Waals surface area (Å²) in [6.45, 7) is 4.43. The summed E-state index contributed by atoms with van der Waals surface area (Å²) in [5.41, 5.74) is 2.41. The molecule has 0 saturated carbocycles. The highest BCUT2D eigenvalue weighted by Gasteiger charge is 2.23. The predicted octanol–water partition coefficient (Wildman–Crippen LogP) is 4.54. The molecule has 1 fully saturated rings. The van der Waals surface area contributed by atoms with Crippen LogP contribution < -0.4 is 4.90 Å². The summed E-state index contributed by atoms with van der Waals surface area (Å²) in [5, 5.41) is 0. The Morgan fingerprint density at radius 2 is 1.61 bits per heavy atom. The minimum absolute atomic E-state index is 0.0116. The molecular weight excluding hydrogens is 348 g/mol. The average molecular weight is 372 g/mol. The minimum Gasteiger partial charge on any atom is -0.337 e. The van der Waals surface area contributed by atoms with Crippen molar-refractivity contribution in [3.63, 3.8) is 0 Å². The molecule has 0 atom stereocenters. The van der Waals surface area contributed by atoms with Crippen LogP contribution in [-0.4, -0.2) is 40.4 Å². The van der Waals surface area contributed by atoms with Crippen LogP contribution in [-0.2, 0) is 0 Å². The molecule has 0 aliphatic carbocycles. The molecule has 1 aromatic heterocycles. The SMILES string of the molecule is CCN(c1ccccc1)c1cc(C(=O)N2CCCC2)nc(-c2ccccc2)n1. The third-order valence-electron chi connectivity index (χ3n) is 5.02. The normalized spacial score (nSPS) is 13.5.